The topological polar surface area (TPSA) is 63.9 Å². The van der Waals surface area contributed by atoms with E-state index in [2.05, 4.69) is 43.1 Å². The Hall–Kier alpha value is -1.65. The largest absolute Gasteiger partial charge is 0.379 e. The zero-order valence-electron chi connectivity index (χ0n) is 11.4. The van der Waals surface area contributed by atoms with Crippen molar-refractivity contribution in [3.8, 4) is 11.3 Å². The number of nitrogens with one attached hydrogen (secondary N) is 1. The van der Waals surface area contributed by atoms with Crippen LogP contribution in [0.2, 0.25) is 0 Å². The van der Waals surface area contributed by atoms with E-state index in [-0.39, 0.29) is 5.41 Å². The second-order valence-corrected chi connectivity index (χ2v) is 5.40. The minimum atomic E-state index is -0.117. The summed E-state index contributed by atoms with van der Waals surface area (Å²) in [6.07, 6.45) is 0. The van der Waals surface area contributed by atoms with Crippen LogP contribution >= 0.6 is 0 Å². The van der Waals surface area contributed by atoms with E-state index in [9.17, 15) is 0 Å². The minimum absolute atomic E-state index is 0.117. The Balaban J connectivity index is 2.00. The van der Waals surface area contributed by atoms with E-state index in [1.807, 2.05) is 0 Å². The van der Waals surface area contributed by atoms with Gasteiger partial charge >= 0.3 is 0 Å². The van der Waals surface area contributed by atoms with E-state index in [1.165, 1.54) is 5.56 Å². The molecule has 0 bridgehead atoms. The van der Waals surface area contributed by atoms with Crippen molar-refractivity contribution in [2.45, 2.75) is 19.3 Å². The van der Waals surface area contributed by atoms with Gasteiger partial charge in [-0.1, -0.05) is 29.8 Å². The highest BCUT2D eigenvalue weighted by Gasteiger charge is 2.42. The van der Waals surface area contributed by atoms with Crippen LogP contribution < -0.4 is 5.73 Å². The molecule has 3 rings (SSSR count). The molecule has 0 radical (unpaired) electrons. The Morgan fingerprint density at radius 1 is 1.26 bits per heavy atom. The van der Waals surface area contributed by atoms with Crippen LogP contribution in [0.3, 0.4) is 0 Å². The van der Waals surface area contributed by atoms with Crippen molar-refractivity contribution >= 4 is 0 Å². The fraction of sp³-hybridized carbons (Fsp3) is 0.400. The summed E-state index contributed by atoms with van der Waals surface area (Å²) >= 11 is 0. The first kappa shape index (κ1) is 12.4. The fourth-order valence-electron chi connectivity index (χ4n) is 2.40. The number of hydrogen-bond acceptors (Lipinski definition) is 3. The number of hydrogen-bond donors (Lipinski definition) is 2. The van der Waals surface area contributed by atoms with Crippen molar-refractivity contribution in [2.75, 3.05) is 19.8 Å². The molecular weight excluding hydrogens is 238 g/mol. The maximum atomic E-state index is 5.88. The number of nitrogens with two attached hydrogens (primary N) is 1. The van der Waals surface area contributed by atoms with Gasteiger partial charge in [0.05, 0.1) is 24.3 Å². The van der Waals surface area contributed by atoms with Gasteiger partial charge in [-0.15, -0.1) is 0 Å². The summed E-state index contributed by atoms with van der Waals surface area (Å²) in [5, 5.41) is 0. The summed E-state index contributed by atoms with van der Waals surface area (Å²) in [5.41, 5.74) is 10.2. The second-order valence-electron chi connectivity index (χ2n) is 5.40. The van der Waals surface area contributed by atoms with Crippen molar-refractivity contribution in [2.24, 2.45) is 5.73 Å². The van der Waals surface area contributed by atoms with Crippen LogP contribution in [0.5, 0.6) is 0 Å². The lowest BCUT2D eigenvalue weighted by Gasteiger charge is -2.38. The molecule has 0 unspecified atom stereocenters. The normalized spacial score (nSPS) is 17.2. The summed E-state index contributed by atoms with van der Waals surface area (Å²) in [6, 6.07) is 8.42. The van der Waals surface area contributed by atoms with Crippen LogP contribution in [0.1, 0.15) is 17.1 Å². The summed E-state index contributed by atoms with van der Waals surface area (Å²) in [6.45, 7) is 6.01. The molecule has 3 N–H and O–H groups in total. The van der Waals surface area contributed by atoms with E-state index >= 15 is 0 Å². The lowest BCUT2D eigenvalue weighted by Crippen LogP contribution is -2.53. The van der Waals surface area contributed by atoms with Gasteiger partial charge in [-0.05, 0) is 13.8 Å². The number of aromatic nitrogens is 2. The van der Waals surface area contributed by atoms with Crippen LogP contribution in [0, 0.1) is 13.8 Å². The SMILES string of the molecule is Cc1ccc(-c2nc(C3(CN)COC3)[nH]c2C)cc1. The maximum absolute atomic E-state index is 5.88. The van der Waals surface area contributed by atoms with E-state index in [1.54, 1.807) is 0 Å². The third kappa shape index (κ3) is 1.97. The highest BCUT2D eigenvalue weighted by atomic mass is 16.5. The fourth-order valence-corrected chi connectivity index (χ4v) is 2.40. The van der Waals surface area contributed by atoms with E-state index < -0.39 is 0 Å². The Kier molecular flexibility index (Phi) is 2.92. The van der Waals surface area contributed by atoms with Gasteiger partial charge in [0.1, 0.15) is 5.82 Å². The maximum Gasteiger partial charge on any atom is 0.119 e. The van der Waals surface area contributed by atoms with Gasteiger partial charge in [0, 0.05) is 17.8 Å². The molecular formula is C15H19N3O. The average molecular weight is 257 g/mol. The van der Waals surface area contributed by atoms with Crippen molar-refractivity contribution in [3.63, 3.8) is 0 Å². The molecule has 100 valence electrons. The number of rotatable bonds is 3. The molecule has 0 aliphatic carbocycles. The summed E-state index contributed by atoms with van der Waals surface area (Å²) < 4.78 is 5.31. The van der Waals surface area contributed by atoms with E-state index in [4.69, 9.17) is 15.5 Å². The van der Waals surface area contributed by atoms with Crippen LogP contribution in [0.4, 0.5) is 0 Å². The van der Waals surface area contributed by atoms with Crippen molar-refractivity contribution in [1.82, 2.24) is 9.97 Å². The molecule has 0 spiro atoms. The molecule has 1 aromatic heterocycles. The first-order valence-electron chi connectivity index (χ1n) is 6.56. The first-order chi connectivity index (χ1) is 9.14. The third-order valence-corrected chi connectivity index (χ3v) is 3.86. The van der Waals surface area contributed by atoms with Crippen molar-refractivity contribution in [1.29, 1.82) is 0 Å². The quantitative estimate of drug-likeness (QED) is 0.883. The molecule has 1 saturated heterocycles. The van der Waals surface area contributed by atoms with Gasteiger partial charge in [0.25, 0.3) is 0 Å². The molecule has 4 nitrogen and oxygen atoms in total. The molecule has 4 heteroatoms. The molecule has 2 aromatic rings. The number of H-pyrrole nitrogens is 1. The predicted molar refractivity (Wildman–Crippen MR) is 75.0 cm³/mol. The molecule has 0 amide bonds. The standard InChI is InChI=1S/C15H19N3O/c1-10-3-5-12(6-4-10)13-11(2)17-14(18-13)15(7-16)8-19-9-15/h3-6H,7-9,16H2,1-2H3,(H,17,18). The van der Waals surface area contributed by atoms with E-state index in [0.717, 1.165) is 22.8 Å². The van der Waals surface area contributed by atoms with E-state index in [0.29, 0.717) is 19.8 Å². The Bertz CT molecular complexity index is 576. The van der Waals surface area contributed by atoms with Gasteiger partial charge in [-0.2, -0.15) is 0 Å². The third-order valence-electron chi connectivity index (χ3n) is 3.86. The van der Waals surface area contributed by atoms with Gasteiger partial charge in [0.2, 0.25) is 0 Å². The number of benzene rings is 1. The van der Waals surface area contributed by atoms with Crippen LogP contribution in [-0.2, 0) is 10.2 Å². The molecule has 2 heterocycles. The zero-order chi connectivity index (χ0) is 13.5. The predicted octanol–water partition coefficient (Wildman–Crippen LogP) is 1.92. The van der Waals surface area contributed by atoms with Crippen LogP contribution in [0.15, 0.2) is 24.3 Å². The van der Waals surface area contributed by atoms with Gasteiger partial charge in [0.15, 0.2) is 0 Å². The summed E-state index contributed by atoms with van der Waals surface area (Å²) in [7, 11) is 0. The first-order valence-corrected chi connectivity index (χ1v) is 6.56. The number of ether oxygens (including phenoxy) is 1. The number of aryl methyl sites for hydroxylation is 2. The van der Waals surface area contributed by atoms with Gasteiger partial charge < -0.3 is 15.5 Å². The molecule has 19 heavy (non-hydrogen) atoms. The summed E-state index contributed by atoms with van der Waals surface area (Å²) in [5.74, 6) is 0.953. The lowest BCUT2D eigenvalue weighted by atomic mass is 9.85. The van der Waals surface area contributed by atoms with Gasteiger partial charge in [-0.25, -0.2) is 4.98 Å². The number of nitrogens with zero attached hydrogens (tertiary/aromatic N) is 1. The molecule has 0 atom stereocenters. The molecule has 1 aromatic carbocycles. The van der Waals surface area contributed by atoms with Crippen molar-refractivity contribution in [3.05, 3.63) is 41.3 Å². The van der Waals surface area contributed by atoms with Crippen LogP contribution in [-0.4, -0.2) is 29.7 Å². The smallest absolute Gasteiger partial charge is 0.119 e. The monoisotopic (exact) mass is 257 g/mol. The highest BCUT2D eigenvalue weighted by Crippen LogP contribution is 2.32. The van der Waals surface area contributed by atoms with Gasteiger partial charge in [-0.3, -0.25) is 0 Å². The minimum Gasteiger partial charge on any atom is -0.379 e. The molecule has 1 aliphatic rings. The number of imidazole rings is 1. The number of aromatic amines is 1. The molecule has 1 fully saturated rings. The van der Waals surface area contributed by atoms with Crippen molar-refractivity contribution < 1.29 is 4.74 Å². The summed E-state index contributed by atoms with van der Waals surface area (Å²) in [4.78, 5) is 8.14. The molecule has 0 saturated carbocycles. The van der Waals surface area contributed by atoms with Crippen LogP contribution in [0.25, 0.3) is 11.3 Å². The highest BCUT2D eigenvalue weighted by molar-refractivity contribution is 5.62. The average Bonchev–Trinajstić information content (AvgIpc) is 2.72. The Morgan fingerprint density at radius 3 is 2.47 bits per heavy atom. The Morgan fingerprint density at radius 2 is 1.95 bits per heavy atom. The molecule has 1 aliphatic heterocycles. The second kappa shape index (κ2) is 4.47. The lowest BCUT2D eigenvalue weighted by molar-refractivity contribution is -0.0590. The Labute approximate surface area is 113 Å². The zero-order valence-corrected chi connectivity index (χ0v) is 11.4.